The molecule has 24 heavy (non-hydrogen) atoms. The van der Waals surface area contributed by atoms with E-state index in [9.17, 15) is 0 Å². The van der Waals surface area contributed by atoms with Crippen LogP contribution in [0.25, 0.3) is 0 Å². The van der Waals surface area contributed by atoms with E-state index < -0.39 is 0 Å². The van der Waals surface area contributed by atoms with Crippen molar-refractivity contribution in [2.75, 3.05) is 7.11 Å². The predicted molar refractivity (Wildman–Crippen MR) is 90.9 cm³/mol. The van der Waals surface area contributed by atoms with Crippen LogP contribution in [0, 0.1) is 0 Å². The third-order valence-corrected chi connectivity index (χ3v) is 3.65. The first kappa shape index (κ1) is 14.2. The Morgan fingerprint density at radius 1 is 1.12 bits per heavy atom. The fraction of sp³-hybridized carbons (Fsp3) is 0.0556. The van der Waals surface area contributed by atoms with E-state index in [1.54, 1.807) is 25.8 Å². The number of aliphatic imine (C=N–C) groups is 1. The molecule has 3 heterocycles. The van der Waals surface area contributed by atoms with Gasteiger partial charge in [-0.1, -0.05) is 0 Å². The highest BCUT2D eigenvalue weighted by atomic mass is 16.5. The van der Waals surface area contributed by atoms with E-state index in [2.05, 4.69) is 20.5 Å². The molecule has 2 aromatic heterocycles. The van der Waals surface area contributed by atoms with Crippen molar-refractivity contribution in [3.8, 4) is 5.75 Å². The number of benzene rings is 1. The average Bonchev–Trinajstić information content (AvgIpc) is 3.10. The quantitative estimate of drug-likeness (QED) is 0.805. The van der Waals surface area contributed by atoms with Crippen LogP contribution in [0.3, 0.4) is 0 Å². The monoisotopic (exact) mass is 318 g/mol. The van der Waals surface area contributed by atoms with Crippen molar-refractivity contribution in [2.45, 2.75) is 0 Å². The standard InChI is InChI=1S/C18H14N4O2/c1-23-13-6-7-15-14(10-13)17(12-4-2-8-19-11-12)21-22-18(20-15)16-5-3-9-24-16/h2-11H,1H3,(H,20,22). The van der Waals surface area contributed by atoms with Gasteiger partial charge in [0.15, 0.2) is 11.6 Å². The van der Waals surface area contributed by atoms with Crippen molar-refractivity contribution < 1.29 is 9.15 Å². The van der Waals surface area contributed by atoms with Crippen molar-refractivity contribution in [1.82, 2.24) is 10.4 Å². The zero-order valence-corrected chi connectivity index (χ0v) is 12.9. The van der Waals surface area contributed by atoms with Gasteiger partial charge < -0.3 is 9.15 Å². The Bertz CT molecular complexity index is 915. The van der Waals surface area contributed by atoms with Gasteiger partial charge in [-0.05, 0) is 42.5 Å². The van der Waals surface area contributed by atoms with Crippen LogP contribution in [-0.4, -0.2) is 23.6 Å². The maximum atomic E-state index is 5.43. The Morgan fingerprint density at radius 3 is 2.83 bits per heavy atom. The number of hydrazone groups is 1. The highest BCUT2D eigenvalue weighted by molar-refractivity contribution is 6.17. The highest BCUT2D eigenvalue weighted by Gasteiger charge is 2.19. The van der Waals surface area contributed by atoms with Crippen LogP contribution in [0.4, 0.5) is 5.69 Å². The van der Waals surface area contributed by atoms with Gasteiger partial charge in [0.1, 0.15) is 11.5 Å². The third-order valence-electron chi connectivity index (χ3n) is 3.65. The lowest BCUT2D eigenvalue weighted by Gasteiger charge is -2.09. The number of rotatable bonds is 3. The Hall–Kier alpha value is -3.41. The van der Waals surface area contributed by atoms with E-state index in [0.29, 0.717) is 11.6 Å². The van der Waals surface area contributed by atoms with Gasteiger partial charge in [0, 0.05) is 23.5 Å². The molecule has 1 aliphatic heterocycles. The Labute approximate surface area is 138 Å². The molecule has 0 aliphatic carbocycles. The molecule has 0 unspecified atom stereocenters. The summed E-state index contributed by atoms with van der Waals surface area (Å²) in [5.41, 5.74) is 6.25. The lowest BCUT2D eigenvalue weighted by atomic mass is 10.0. The normalized spacial score (nSPS) is 13.2. The van der Waals surface area contributed by atoms with E-state index in [1.165, 1.54) is 0 Å². The van der Waals surface area contributed by atoms with Crippen LogP contribution in [-0.2, 0) is 0 Å². The van der Waals surface area contributed by atoms with Crippen LogP contribution in [0.1, 0.15) is 16.9 Å². The number of methoxy groups -OCH3 is 1. The molecule has 1 N–H and O–H groups in total. The van der Waals surface area contributed by atoms with E-state index in [1.807, 2.05) is 42.5 Å². The van der Waals surface area contributed by atoms with Crippen LogP contribution >= 0.6 is 0 Å². The van der Waals surface area contributed by atoms with Crippen molar-refractivity contribution in [3.05, 3.63) is 78.0 Å². The number of hydrogen-bond donors (Lipinski definition) is 1. The van der Waals surface area contributed by atoms with Gasteiger partial charge in [-0.25, -0.2) is 4.99 Å². The molecule has 0 atom stereocenters. The average molecular weight is 318 g/mol. The van der Waals surface area contributed by atoms with E-state index in [4.69, 9.17) is 9.15 Å². The Balaban J connectivity index is 1.89. The van der Waals surface area contributed by atoms with Gasteiger partial charge in [-0.2, -0.15) is 5.10 Å². The van der Waals surface area contributed by atoms with Crippen LogP contribution in [0.5, 0.6) is 5.75 Å². The maximum Gasteiger partial charge on any atom is 0.190 e. The number of furan rings is 1. The summed E-state index contributed by atoms with van der Waals surface area (Å²) >= 11 is 0. The molecule has 0 amide bonds. The lowest BCUT2D eigenvalue weighted by Crippen LogP contribution is -2.19. The summed E-state index contributed by atoms with van der Waals surface area (Å²) in [5.74, 6) is 1.90. The summed E-state index contributed by atoms with van der Waals surface area (Å²) in [4.78, 5) is 8.83. The third kappa shape index (κ3) is 2.54. The topological polar surface area (TPSA) is 72.0 Å². The molecule has 4 rings (SSSR count). The minimum atomic E-state index is 0.547. The number of nitrogens with one attached hydrogen (secondary N) is 1. The zero-order chi connectivity index (χ0) is 16.4. The summed E-state index contributed by atoms with van der Waals surface area (Å²) in [6.45, 7) is 0. The Morgan fingerprint density at radius 2 is 2.08 bits per heavy atom. The molecule has 0 bridgehead atoms. The number of fused-ring (bicyclic) bond motifs is 1. The summed E-state index contributed by atoms with van der Waals surface area (Å²) in [6, 6.07) is 13.2. The summed E-state index contributed by atoms with van der Waals surface area (Å²) < 4.78 is 10.8. The van der Waals surface area contributed by atoms with Crippen molar-refractivity contribution in [2.24, 2.45) is 10.1 Å². The van der Waals surface area contributed by atoms with Crippen molar-refractivity contribution in [3.63, 3.8) is 0 Å². The molecule has 0 saturated heterocycles. The lowest BCUT2D eigenvalue weighted by molar-refractivity contribution is 0.415. The minimum absolute atomic E-state index is 0.547. The number of amidine groups is 1. The predicted octanol–water partition coefficient (Wildman–Crippen LogP) is 3.12. The van der Waals surface area contributed by atoms with Gasteiger partial charge in [0.05, 0.1) is 19.1 Å². The summed E-state index contributed by atoms with van der Waals surface area (Å²) in [6.07, 6.45) is 5.10. The highest BCUT2D eigenvalue weighted by Crippen LogP contribution is 2.29. The van der Waals surface area contributed by atoms with Crippen molar-refractivity contribution >= 4 is 17.2 Å². The van der Waals surface area contributed by atoms with Gasteiger partial charge >= 0.3 is 0 Å². The molecule has 0 spiro atoms. The van der Waals surface area contributed by atoms with Crippen molar-refractivity contribution in [1.29, 1.82) is 0 Å². The first-order valence-electron chi connectivity index (χ1n) is 7.40. The molecule has 0 radical (unpaired) electrons. The number of pyridine rings is 1. The molecule has 6 nitrogen and oxygen atoms in total. The fourth-order valence-corrected chi connectivity index (χ4v) is 2.49. The number of aromatic nitrogens is 1. The van der Waals surface area contributed by atoms with E-state index >= 15 is 0 Å². The largest absolute Gasteiger partial charge is 0.497 e. The number of hydrogen-bond acceptors (Lipinski definition) is 6. The molecule has 6 heteroatoms. The van der Waals surface area contributed by atoms with Gasteiger partial charge in [-0.15, -0.1) is 0 Å². The molecule has 0 fully saturated rings. The second-order valence-corrected chi connectivity index (χ2v) is 5.13. The van der Waals surface area contributed by atoms with Gasteiger partial charge in [0.2, 0.25) is 0 Å². The van der Waals surface area contributed by atoms with Gasteiger partial charge in [0.25, 0.3) is 0 Å². The SMILES string of the molecule is COc1ccc2c(c1)C(c1cccnc1)=NNC(c1ccco1)=N2. The van der Waals surface area contributed by atoms with Crippen LogP contribution in [0.2, 0.25) is 0 Å². The van der Waals surface area contributed by atoms with Gasteiger partial charge in [-0.3, -0.25) is 10.4 Å². The minimum Gasteiger partial charge on any atom is -0.497 e. The zero-order valence-electron chi connectivity index (χ0n) is 12.9. The maximum absolute atomic E-state index is 5.43. The molecule has 1 aliphatic rings. The number of nitrogens with zero attached hydrogens (tertiary/aromatic N) is 3. The second-order valence-electron chi connectivity index (χ2n) is 5.13. The van der Waals surface area contributed by atoms with Crippen LogP contribution < -0.4 is 10.2 Å². The summed E-state index contributed by atoms with van der Waals surface area (Å²) in [7, 11) is 1.63. The van der Waals surface area contributed by atoms with Crippen LogP contribution in [0.15, 0.2) is 75.6 Å². The molecule has 1 aromatic carbocycles. The molecular formula is C18H14N4O2. The first-order valence-corrected chi connectivity index (χ1v) is 7.40. The molecule has 118 valence electrons. The smallest absolute Gasteiger partial charge is 0.190 e. The number of ether oxygens (including phenoxy) is 1. The van der Waals surface area contributed by atoms with E-state index in [0.717, 1.165) is 28.3 Å². The molecular weight excluding hydrogens is 304 g/mol. The van der Waals surface area contributed by atoms with E-state index in [-0.39, 0.29) is 0 Å². The second kappa shape index (κ2) is 6.00. The molecule has 3 aromatic rings. The first-order chi connectivity index (χ1) is 11.8. The summed E-state index contributed by atoms with van der Waals surface area (Å²) in [5, 5.41) is 4.53. The Kier molecular flexibility index (Phi) is 3.55. The molecule has 0 saturated carbocycles. The fourth-order valence-electron chi connectivity index (χ4n) is 2.49.